The van der Waals surface area contributed by atoms with Gasteiger partial charge in [0.1, 0.15) is 11.5 Å². The molecule has 0 bridgehead atoms. The summed E-state index contributed by atoms with van der Waals surface area (Å²) < 4.78 is 7.06. The molecule has 0 unspecified atom stereocenters. The van der Waals surface area contributed by atoms with Gasteiger partial charge in [-0.1, -0.05) is 12.1 Å². The molecule has 4 nitrogen and oxygen atoms in total. The van der Waals surface area contributed by atoms with Crippen LogP contribution in [0.5, 0.6) is 11.5 Å². The minimum Gasteiger partial charge on any atom is -0.507 e. The number of phenolic OH excluding ortho intramolecular Hbond substituents is 1. The second-order valence-corrected chi connectivity index (χ2v) is 4.90. The van der Waals surface area contributed by atoms with E-state index in [1.807, 2.05) is 36.7 Å². The summed E-state index contributed by atoms with van der Waals surface area (Å²) in [7, 11) is 3.41. The number of fused-ring (bicyclic) bond motifs is 2. The van der Waals surface area contributed by atoms with Crippen LogP contribution in [0.4, 0.5) is 0 Å². The topological polar surface area (TPSA) is 51.5 Å². The number of aromatic hydroxyl groups is 1. The van der Waals surface area contributed by atoms with Gasteiger partial charge < -0.3 is 14.4 Å². The van der Waals surface area contributed by atoms with Gasteiger partial charge in [-0.25, -0.2) is 0 Å². The molecule has 1 heterocycles. The fourth-order valence-corrected chi connectivity index (χ4v) is 2.68. The Labute approximate surface area is 115 Å². The fourth-order valence-electron chi connectivity index (χ4n) is 2.68. The normalized spacial score (nSPS) is 11.2. The fraction of sp³-hybridized carbons (Fsp3) is 0.188. The summed E-state index contributed by atoms with van der Waals surface area (Å²) in [5.41, 5.74) is 2.26. The summed E-state index contributed by atoms with van der Waals surface area (Å²) in [5, 5.41) is 11.1. The van der Waals surface area contributed by atoms with Crippen LogP contribution in [-0.2, 0) is 7.05 Å². The summed E-state index contributed by atoms with van der Waals surface area (Å²) in [5.74, 6) is 0.474. The summed E-state index contributed by atoms with van der Waals surface area (Å²) in [6.07, 6.45) is 0. The Kier molecular flexibility index (Phi) is 2.67. The van der Waals surface area contributed by atoms with E-state index < -0.39 is 0 Å². The van der Waals surface area contributed by atoms with Gasteiger partial charge in [-0.05, 0) is 18.6 Å². The molecule has 3 aromatic rings. The third-order valence-electron chi connectivity index (χ3n) is 3.73. The number of methoxy groups -OCH3 is 1. The van der Waals surface area contributed by atoms with Crippen LogP contribution < -0.4 is 10.2 Å². The summed E-state index contributed by atoms with van der Waals surface area (Å²) in [6.45, 7) is 1.90. The highest BCUT2D eigenvalue weighted by Gasteiger charge is 2.14. The Morgan fingerprint density at radius 2 is 1.90 bits per heavy atom. The summed E-state index contributed by atoms with van der Waals surface area (Å²) in [4.78, 5) is 12.7. The number of pyridine rings is 1. The first-order chi connectivity index (χ1) is 9.54. The first-order valence-corrected chi connectivity index (χ1v) is 6.33. The van der Waals surface area contributed by atoms with Gasteiger partial charge in [0.05, 0.1) is 23.5 Å². The molecule has 0 saturated carbocycles. The first-order valence-electron chi connectivity index (χ1n) is 6.33. The highest BCUT2D eigenvalue weighted by molar-refractivity contribution is 5.98. The Bertz CT molecular complexity index is 894. The SMILES string of the molecule is COc1cc(O)c2c(=O)c3c(C)cccc3n(C)c2c1. The lowest BCUT2D eigenvalue weighted by Gasteiger charge is -2.13. The lowest BCUT2D eigenvalue weighted by Crippen LogP contribution is -2.10. The molecule has 4 heteroatoms. The Morgan fingerprint density at radius 1 is 1.15 bits per heavy atom. The third kappa shape index (κ3) is 1.58. The van der Waals surface area contributed by atoms with Crippen molar-refractivity contribution in [3.63, 3.8) is 0 Å². The number of ether oxygens (including phenoxy) is 1. The first kappa shape index (κ1) is 12.5. The molecule has 0 fully saturated rings. The van der Waals surface area contributed by atoms with Crippen molar-refractivity contribution in [1.82, 2.24) is 4.57 Å². The molecule has 0 amide bonds. The van der Waals surface area contributed by atoms with Gasteiger partial charge in [-0.2, -0.15) is 0 Å². The molecular weight excluding hydrogens is 254 g/mol. The quantitative estimate of drug-likeness (QED) is 0.691. The maximum Gasteiger partial charge on any atom is 0.201 e. The van der Waals surface area contributed by atoms with Crippen LogP contribution in [0.25, 0.3) is 21.8 Å². The van der Waals surface area contributed by atoms with E-state index in [2.05, 4.69) is 0 Å². The second-order valence-electron chi connectivity index (χ2n) is 4.90. The van der Waals surface area contributed by atoms with E-state index in [4.69, 9.17) is 4.74 Å². The highest BCUT2D eigenvalue weighted by Crippen LogP contribution is 2.30. The number of aryl methyl sites for hydroxylation is 2. The van der Waals surface area contributed by atoms with Crippen molar-refractivity contribution in [2.24, 2.45) is 7.05 Å². The molecule has 0 aliphatic rings. The van der Waals surface area contributed by atoms with Crippen molar-refractivity contribution in [2.45, 2.75) is 6.92 Å². The van der Waals surface area contributed by atoms with Gasteiger partial charge in [0, 0.05) is 24.6 Å². The molecule has 0 aliphatic heterocycles. The molecule has 0 radical (unpaired) electrons. The number of phenols is 1. The van der Waals surface area contributed by atoms with Crippen molar-refractivity contribution >= 4 is 21.8 Å². The molecule has 102 valence electrons. The predicted octanol–water partition coefficient (Wildman–Crippen LogP) is 2.71. The average molecular weight is 269 g/mol. The largest absolute Gasteiger partial charge is 0.507 e. The molecule has 0 aliphatic carbocycles. The van der Waals surface area contributed by atoms with E-state index in [9.17, 15) is 9.90 Å². The molecule has 0 spiro atoms. The maximum absolute atomic E-state index is 12.7. The van der Waals surface area contributed by atoms with Crippen LogP contribution >= 0.6 is 0 Å². The molecular formula is C16H15NO3. The zero-order valence-corrected chi connectivity index (χ0v) is 11.6. The van der Waals surface area contributed by atoms with E-state index in [-0.39, 0.29) is 11.2 Å². The Hall–Kier alpha value is -2.49. The number of nitrogens with zero attached hydrogens (tertiary/aromatic N) is 1. The lowest BCUT2D eigenvalue weighted by atomic mass is 10.0. The van der Waals surface area contributed by atoms with E-state index in [1.165, 1.54) is 13.2 Å². The van der Waals surface area contributed by atoms with Crippen LogP contribution in [0.1, 0.15) is 5.56 Å². The molecule has 0 atom stereocenters. The molecule has 1 aromatic heterocycles. The zero-order valence-electron chi connectivity index (χ0n) is 11.6. The number of rotatable bonds is 1. The molecule has 2 aromatic carbocycles. The number of hydrogen-bond acceptors (Lipinski definition) is 3. The van der Waals surface area contributed by atoms with Crippen molar-refractivity contribution < 1.29 is 9.84 Å². The number of benzene rings is 2. The van der Waals surface area contributed by atoms with Crippen LogP contribution in [0.15, 0.2) is 35.1 Å². The lowest BCUT2D eigenvalue weighted by molar-refractivity contribution is 0.409. The van der Waals surface area contributed by atoms with Crippen molar-refractivity contribution in [1.29, 1.82) is 0 Å². The molecule has 3 rings (SSSR count). The zero-order chi connectivity index (χ0) is 14.4. The van der Waals surface area contributed by atoms with Crippen LogP contribution in [0, 0.1) is 6.92 Å². The van der Waals surface area contributed by atoms with E-state index in [1.54, 1.807) is 6.07 Å². The van der Waals surface area contributed by atoms with E-state index >= 15 is 0 Å². The molecule has 1 N–H and O–H groups in total. The van der Waals surface area contributed by atoms with Gasteiger partial charge in [-0.15, -0.1) is 0 Å². The minimum absolute atomic E-state index is 0.0508. The van der Waals surface area contributed by atoms with Gasteiger partial charge in [0.15, 0.2) is 0 Å². The second kappa shape index (κ2) is 4.27. The van der Waals surface area contributed by atoms with Crippen LogP contribution in [0.2, 0.25) is 0 Å². The van der Waals surface area contributed by atoms with E-state index in [0.717, 1.165) is 11.1 Å². The Morgan fingerprint density at radius 3 is 2.60 bits per heavy atom. The number of aromatic nitrogens is 1. The highest BCUT2D eigenvalue weighted by atomic mass is 16.5. The van der Waals surface area contributed by atoms with Gasteiger partial charge in [0.2, 0.25) is 5.43 Å². The minimum atomic E-state index is -0.147. The van der Waals surface area contributed by atoms with Crippen LogP contribution in [0.3, 0.4) is 0 Å². The standard InChI is InChI=1S/C16H15NO3/c1-9-5-4-6-11-14(9)16(19)15-12(17(11)2)7-10(20-3)8-13(15)18/h4-8,18H,1-3H3. The average Bonchev–Trinajstić information content (AvgIpc) is 2.43. The van der Waals surface area contributed by atoms with Crippen molar-refractivity contribution in [2.75, 3.05) is 7.11 Å². The van der Waals surface area contributed by atoms with Crippen molar-refractivity contribution in [3.05, 3.63) is 46.1 Å². The van der Waals surface area contributed by atoms with Gasteiger partial charge >= 0.3 is 0 Å². The summed E-state index contributed by atoms with van der Waals surface area (Å²) >= 11 is 0. The predicted molar refractivity (Wildman–Crippen MR) is 79.6 cm³/mol. The smallest absolute Gasteiger partial charge is 0.201 e. The maximum atomic E-state index is 12.7. The van der Waals surface area contributed by atoms with Crippen LogP contribution in [-0.4, -0.2) is 16.8 Å². The van der Waals surface area contributed by atoms with Gasteiger partial charge in [-0.3, -0.25) is 4.79 Å². The summed E-state index contributed by atoms with van der Waals surface area (Å²) in [6, 6.07) is 8.95. The number of hydrogen-bond donors (Lipinski definition) is 1. The Balaban J connectivity index is 2.66. The molecule has 20 heavy (non-hydrogen) atoms. The molecule has 0 saturated heterocycles. The monoisotopic (exact) mass is 269 g/mol. The van der Waals surface area contributed by atoms with Crippen molar-refractivity contribution in [3.8, 4) is 11.5 Å². The van der Waals surface area contributed by atoms with E-state index in [0.29, 0.717) is 22.0 Å². The van der Waals surface area contributed by atoms with Gasteiger partial charge in [0.25, 0.3) is 0 Å². The third-order valence-corrected chi connectivity index (χ3v) is 3.73.